The molecule has 1 atom stereocenters. The van der Waals surface area contributed by atoms with Gasteiger partial charge in [0.2, 0.25) is 0 Å². The van der Waals surface area contributed by atoms with Crippen LogP contribution in [0.1, 0.15) is 30.3 Å². The van der Waals surface area contributed by atoms with Crippen molar-refractivity contribution in [1.29, 1.82) is 0 Å². The van der Waals surface area contributed by atoms with Crippen molar-refractivity contribution in [3.63, 3.8) is 0 Å². The average Bonchev–Trinajstić information content (AvgIpc) is 3.00. The highest BCUT2D eigenvalue weighted by Gasteiger charge is 2.21. The normalized spacial score (nSPS) is 19.6. The first-order valence-electron chi connectivity index (χ1n) is 6.08. The molecule has 4 nitrogen and oxygen atoms in total. The van der Waals surface area contributed by atoms with E-state index in [9.17, 15) is 0 Å². The Labute approximate surface area is 101 Å². The van der Waals surface area contributed by atoms with Gasteiger partial charge in [-0.3, -0.25) is 0 Å². The van der Waals surface area contributed by atoms with Crippen LogP contribution in [0.25, 0.3) is 0 Å². The second-order valence-corrected chi connectivity index (χ2v) is 4.45. The van der Waals surface area contributed by atoms with Crippen LogP contribution < -0.4 is 5.32 Å². The molecule has 1 aliphatic rings. The maximum atomic E-state index is 4.24. The summed E-state index contributed by atoms with van der Waals surface area (Å²) >= 11 is 0. The summed E-state index contributed by atoms with van der Waals surface area (Å²) in [5, 5.41) is 11.7. The average molecular weight is 228 g/mol. The predicted octanol–water partition coefficient (Wildman–Crippen LogP) is 1.75. The zero-order chi connectivity index (χ0) is 11.5. The van der Waals surface area contributed by atoms with Crippen molar-refractivity contribution in [2.24, 2.45) is 0 Å². The van der Waals surface area contributed by atoms with Crippen LogP contribution in [0.4, 0.5) is 0 Å². The van der Waals surface area contributed by atoms with Crippen LogP contribution >= 0.6 is 0 Å². The summed E-state index contributed by atoms with van der Waals surface area (Å²) in [6.45, 7) is 1.93. The van der Waals surface area contributed by atoms with Gasteiger partial charge in [-0.1, -0.05) is 30.3 Å². The third-order valence-corrected chi connectivity index (χ3v) is 3.21. The standard InChI is InChI=1S/C13H16N4/c1-2-5-11(6-3-1)9-17-10-15-16-13(17)12-7-4-8-14-12/h1-3,5-6,10,12,14H,4,7-9H2. The summed E-state index contributed by atoms with van der Waals surface area (Å²) in [4.78, 5) is 0. The first kappa shape index (κ1) is 10.5. The van der Waals surface area contributed by atoms with Crippen LogP contribution in [0.5, 0.6) is 0 Å². The van der Waals surface area contributed by atoms with Crippen molar-refractivity contribution in [3.05, 3.63) is 48.0 Å². The molecule has 0 amide bonds. The minimum atomic E-state index is 0.376. The Morgan fingerprint density at radius 1 is 1.29 bits per heavy atom. The highest BCUT2D eigenvalue weighted by Crippen LogP contribution is 2.21. The zero-order valence-corrected chi connectivity index (χ0v) is 9.71. The largest absolute Gasteiger partial charge is 0.312 e. The van der Waals surface area contributed by atoms with E-state index >= 15 is 0 Å². The number of benzene rings is 1. The lowest BCUT2D eigenvalue weighted by atomic mass is 10.2. The molecule has 0 radical (unpaired) electrons. The van der Waals surface area contributed by atoms with Gasteiger partial charge in [0.1, 0.15) is 12.2 Å². The van der Waals surface area contributed by atoms with Crippen LogP contribution in [0.3, 0.4) is 0 Å². The Morgan fingerprint density at radius 3 is 2.94 bits per heavy atom. The Kier molecular flexibility index (Phi) is 2.88. The van der Waals surface area contributed by atoms with E-state index in [0.29, 0.717) is 6.04 Å². The van der Waals surface area contributed by atoms with Gasteiger partial charge in [-0.25, -0.2) is 0 Å². The molecular weight excluding hydrogens is 212 g/mol. The van der Waals surface area contributed by atoms with E-state index in [0.717, 1.165) is 25.3 Å². The highest BCUT2D eigenvalue weighted by atomic mass is 15.3. The first-order valence-corrected chi connectivity index (χ1v) is 6.08. The molecule has 17 heavy (non-hydrogen) atoms. The van der Waals surface area contributed by atoms with Crippen LogP contribution in [0.2, 0.25) is 0 Å². The summed E-state index contributed by atoms with van der Waals surface area (Å²) in [7, 11) is 0. The topological polar surface area (TPSA) is 42.7 Å². The van der Waals surface area contributed by atoms with Crippen molar-refractivity contribution in [2.75, 3.05) is 6.54 Å². The second kappa shape index (κ2) is 4.67. The minimum Gasteiger partial charge on any atom is -0.312 e. The van der Waals surface area contributed by atoms with E-state index in [1.54, 1.807) is 0 Å². The van der Waals surface area contributed by atoms with E-state index in [1.165, 1.54) is 12.0 Å². The molecule has 1 fully saturated rings. The molecule has 0 spiro atoms. The SMILES string of the molecule is c1ccc(Cn2cnnc2C2CCCN2)cc1. The van der Waals surface area contributed by atoms with Gasteiger partial charge in [-0.15, -0.1) is 10.2 Å². The van der Waals surface area contributed by atoms with Crippen molar-refractivity contribution in [2.45, 2.75) is 25.4 Å². The van der Waals surface area contributed by atoms with Crippen LogP contribution in [0.15, 0.2) is 36.7 Å². The molecule has 1 N–H and O–H groups in total. The second-order valence-electron chi connectivity index (χ2n) is 4.45. The molecule has 1 aliphatic heterocycles. The van der Waals surface area contributed by atoms with Crippen LogP contribution in [-0.4, -0.2) is 21.3 Å². The number of hydrogen-bond donors (Lipinski definition) is 1. The number of hydrogen-bond acceptors (Lipinski definition) is 3. The lowest BCUT2D eigenvalue weighted by molar-refractivity contribution is 0.564. The summed E-state index contributed by atoms with van der Waals surface area (Å²) in [5.41, 5.74) is 1.28. The Hall–Kier alpha value is -1.68. The predicted molar refractivity (Wildman–Crippen MR) is 65.5 cm³/mol. The van der Waals surface area contributed by atoms with Crippen LogP contribution in [-0.2, 0) is 6.54 Å². The molecule has 0 aliphatic carbocycles. The van der Waals surface area contributed by atoms with Gasteiger partial charge in [0.25, 0.3) is 0 Å². The Balaban J connectivity index is 1.81. The van der Waals surface area contributed by atoms with Gasteiger partial charge in [-0.2, -0.15) is 0 Å². The summed E-state index contributed by atoms with van der Waals surface area (Å²) < 4.78 is 2.14. The van der Waals surface area contributed by atoms with Crippen molar-refractivity contribution >= 4 is 0 Å². The van der Waals surface area contributed by atoms with E-state index < -0.39 is 0 Å². The maximum absolute atomic E-state index is 4.24. The van der Waals surface area contributed by atoms with Crippen LogP contribution in [0, 0.1) is 0 Å². The number of aromatic nitrogens is 3. The molecule has 0 bridgehead atoms. The highest BCUT2D eigenvalue weighted by molar-refractivity contribution is 5.15. The first-order chi connectivity index (χ1) is 8.43. The quantitative estimate of drug-likeness (QED) is 0.870. The molecule has 1 unspecified atom stereocenters. The fourth-order valence-corrected chi connectivity index (χ4v) is 2.34. The molecular formula is C13H16N4. The lowest BCUT2D eigenvalue weighted by Crippen LogP contribution is -2.18. The summed E-state index contributed by atoms with van der Waals surface area (Å²) in [6, 6.07) is 10.8. The lowest BCUT2D eigenvalue weighted by Gasteiger charge is -2.11. The van der Waals surface area contributed by atoms with Crippen molar-refractivity contribution in [3.8, 4) is 0 Å². The van der Waals surface area contributed by atoms with E-state index in [-0.39, 0.29) is 0 Å². The molecule has 2 aromatic rings. The fourth-order valence-electron chi connectivity index (χ4n) is 2.34. The van der Waals surface area contributed by atoms with Gasteiger partial charge in [0, 0.05) is 0 Å². The molecule has 4 heteroatoms. The zero-order valence-electron chi connectivity index (χ0n) is 9.71. The number of nitrogens with one attached hydrogen (secondary N) is 1. The van der Waals surface area contributed by atoms with Gasteiger partial charge < -0.3 is 9.88 Å². The third-order valence-electron chi connectivity index (χ3n) is 3.21. The van der Waals surface area contributed by atoms with E-state index in [1.807, 2.05) is 12.4 Å². The van der Waals surface area contributed by atoms with E-state index in [2.05, 4.69) is 44.3 Å². The molecule has 1 aromatic carbocycles. The van der Waals surface area contributed by atoms with Crippen molar-refractivity contribution in [1.82, 2.24) is 20.1 Å². The molecule has 2 heterocycles. The Bertz CT molecular complexity index is 471. The fraction of sp³-hybridized carbons (Fsp3) is 0.385. The van der Waals surface area contributed by atoms with Gasteiger partial charge >= 0.3 is 0 Å². The van der Waals surface area contributed by atoms with Gasteiger partial charge in [-0.05, 0) is 24.9 Å². The monoisotopic (exact) mass is 228 g/mol. The van der Waals surface area contributed by atoms with E-state index in [4.69, 9.17) is 0 Å². The molecule has 1 aromatic heterocycles. The van der Waals surface area contributed by atoms with Gasteiger partial charge in [0.15, 0.2) is 0 Å². The summed E-state index contributed by atoms with van der Waals surface area (Å²) in [6.07, 6.45) is 4.21. The molecule has 3 rings (SSSR count). The van der Waals surface area contributed by atoms with Gasteiger partial charge in [0.05, 0.1) is 12.6 Å². The molecule has 1 saturated heterocycles. The number of rotatable bonds is 3. The maximum Gasteiger partial charge on any atom is 0.150 e. The molecule has 0 saturated carbocycles. The third kappa shape index (κ3) is 2.22. The molecule has 88 valence electrons. The number of nitrogens with zero attached hydrogens (tertiary/aromatic N) is 3. The minimum absolute atomic E-state index is 0.376. The Morgan fingerprint density at radius 2 is 2.18 bits per heavy atom. The van der Waals surface area contributed by atoms with Crippen molar-refractivity contribution < 1.29 is 0 Å². The smallest absolute Gasteiger partial charge is 0.150 e. The summed E-state index contributed by atoms with van der Waals surface area (Å²) in [5.74, 6) is 1.06.